The zero-order valence-corrected chi connectivity index (χ0v) is 15.4. The third-order valence-electron chi connectivity index (χ3n) is 5.19. The van der Waals surface area contributed by atoms with E-state index >= 15 is 0 Å². The van der Waals surface area contributed by atoms with E-state index in [4.69, 9.17) is 13.9 Å². The standard InChI is InChI=1S/C22H22N2O3/c1-15-23-19-7-8-20-22(21(19)26-15)27-18(14-25-20)13-24-11-9-17(10-12-24)16-5-3-2-4-6-16/h2-9,18H,10-14H2,1H3. The second kappa shape index (κ2) is 6.74. The van der Waals surface area contributed by atoms with Crippen LogP contribution < -0.4 is 9.47 Å². The first-order valence-electron chi connectivity index (χ1n) is 9.43. The Bertz CT molecular complexity index is 993. The lowest BCUT2D eigenvalue weighted by atomic mass is 9.99. The molecule has 138 valence electrons. The van der Waals surface area contributed by atoms with Crippen molar-refractivity contribution in [3.05, 3.63) is 60.0 Å². The van der Waals surface area contributed by atoms with Gasteiger partial charge in [-0.05, 0) is 29.7 Å². The van der Waals surface area contributed by atoms with Crippen LogP contribution in [-0.2, 0) is 0 Å². The van der Waals surface area contributed by atoms with Gasteiger partial charge in [0.05, 0.1) is 0 Å². The summed E-state index contributed by atoms with van der Waals surface area (Å²) >= 11 is 0. The molecule has 0 radical (unpaired) electrons. The fourth-order valence-corrected chi connectivity index (χ4v) is 3.84. The number of ether oxygens (including phenoxy) is 2. The maximum absolute atomic E-state index is 6.25. The Kier molecular flexibility index (Phi) is 4.09. The molecule has 0 saturated heterocycles. The SMILES string of the molecule is Cc1nc2ccc3c(c2o1)OC(CN1CC=C(c2ccccc2)CC1)CO3. The molecule has 0 aliphatic carbocycles. The van der Waals surface area contributed by atoms with Gasteiger partial charge in [0.15, 0.2) is 11.6 Å². The quantitative estimate of drug-likeness (QED) is 0.703. The molecule has 0 fully saturated rings. The number of nitrogens with zero attached hydrogens (tertiary/aromatic N) is 2. The number of rotatable bonds is 3. The molecule has 0 bridgehead atoms. The second-order valence-electron chi connectivity index (χ2n) is 7.13. The first-order chi connectivity index (χ1) is 13.3. The number of hydrogen-bond donors (Lipinski definition) is 0. The van der Waals surface area contributed by atoms with Gasteiger partial charge >= 0.3 is 0 Å². The highest BCUT2D eigenvalue weighted by Gasteiger charge is 2.27. The van der Waals surface area contributed by atoms with Crippen LogP contribution in [0.5, 0.6) is 11.5 Å². The van der Waals surface area contributed by atoms with Crippen molar-refractivity contribution in [2.24, 2.45) is 0 Å². The smallest absolute Gasteiger partial charge is 0.207 e. The average molecular weight is 362 g/mol. The van der Waals surface area contributed by atoms with Crippen molar-refractivity contribution in [3.63, 3.8) is 0 Å². The molecule has 1 aromatic heterocycles. The molecule has 5 rings (SSSR count). The van der Waals surface area contributed by atoms with Crippen LogP contribution in [0.25, 0.3) is 16.7 Å². The van der Waals surface area contributed by atoms with E-state index in [-0.39, 0.29) is 6.10 Å². The highest BCUT2D eigenvalue weighted by Crippen LogP contribution is 2.39. The highest BCUT2D eigenvalue weighted by molar-refractivity contribution is 5.83. The molecule has 5 nitrogen and oxygen atoms in total. The summed E-state index contributed by atoms with van der Waals surface area (Å²) < 4.78 is 17.9. The maximum atomic E-state index is 6.25. The van der Waals surface area contributed by atoms with Gasteiger partial charge in [0.1, 0.15) is 18.2 Å². The third-order valence-corrected chi connectivity index (χ3v) is 5.19. The number of fused-ring (bicyclic) bond motifs is 3. The van der Waals surface area contributed by atoms with Crippen LogP contribution in [0.1, 0.15) is 17.9 Å². The van der Waals surface area contributed by atoms with Gasteiger partial charge in [-0.1, -0.05) is 36.4 Å². The van der Waals surface area contributed by atoms with Crippen molar-refractivity contribution >= 4 is 16.7 Å². The first-order valence-corrected chi connectivity index (χ1v) is 9.43. The molecule has 0 saturated carbocycles. The van der Waals surface area contributed by atoms with E-state index < -0.39 is 0 Å². The molecule has 0 amide bonds. The molecule has 2 aromatic carbocycles. The summed E-state index contributed by atoms with van der Waals surface area (Å²) in [7, 11) is 0. The van der Waals surface area contributed by atoms with Crippen LogP contribution in [0.2, 0.25) is 0 Å². The number of oxazole rings is 1. The van der Waals surface area contributed by atoms with Crippen LogP contribution in [0, 0.1) is 6.92 Å². The lowest BCUT2D eigenvalue weighted by Crippen LogP contribution is -2.42. The van der Waals surface area contributed by atoms with Crippen molar-refractivity contribution in [1.29, 1.82) is 0 Å². The van der Waals surface area contributed by atoms with Crippen LogP contribution >= 0.6 is 0 Å². The minimum atomic E-state index is -0.0137. The number of aryl methyl sites for hydroxylation is 1. The monoisotopic (exact) mass is 362 g/mol. The van der Waals surface area contributed by atoms with Gasteiger partial charge in [-0.25, -0.2) is 4.98 Å². The molecule has 1 unspecified atom stereocenters. The molecule has 1 atom stereocenters. The summed E-state index contributed by atoms with van der Waals surface area (Å²) in [5, 5.41) is 0. The Labute approximate surface area is 158 Å². The Morgan fingerprint density at radius 2 is 2.04 bits per heavy atom. The lowest BCUT2D eigenvalue weighted by Gasteiger charge is -2.32. The van der Waals surface area contributed by atoms with E-state index in [0.717, 1.165) is 37.3 Å². The van der Waals surface area contributed by atoms with Gasteiger partial charge in [0.2, 0.25) is 11.3 Å². The average Bonchev–Trinajstić information content (AvgIpc) is 3.10. The van der Waals surface area contributed by atoms with Crippen molar-refractivity contribution in [2.75, 3.05) is 26.2 Å². The van der Waals surface area contributed by atoms with E-state index in [1.165, 1.54) is 11.1 Å². The van der Waals surface area contributed by atoms with E-state index in [1.54, 1.807) is 0 Å². The topological polar surface area (TPSA) is 47.7 Å². The van der Waals surface area contributed by atoms with E-state index in [2.05, 4.69) is 46.3 Å². The van der Waals surface area contributed by atoms with Crippen molar-refractivity contribution in [2.45, 2.75) is 19.4 Å². The van der Waals surface area contributed by atoms with Crippen LogP contribution in [-0.4, -0.2) is 42.2 Å². The third kappa shape index (κ3) is 3.19. The summed E-state index contributed by atoms with van der Waals surface area (Å²) in [4.78, 5) is 6.79. The summed E-state index contributed by atoms with van der Waals surface area (Å²) in [6.07, 6.45) is 3.37. The zero-order valence-electron chi connectivity index (χ0n) is 15.4. The van der Waals surface area contributed by atoms with Crippen LogP contribution in [0.15, 0.2) is 53.0 Å². The zero-order chi connectivity index (χ0) is 18.2. The van der Waals surface area contributed by atoms with E-state index in [0.29, 0.717) is 23.8 Å². The minimum Gasteiger partial charge on any atom is -0.486 e. The predicted octanol–water partition coefficient (Wildman–Crippen LogP) is 4.07. The fourth-order valence-electron chi connectivity index (χ4n) is 3.84. The summed E-state index contributed by atoms with van der Waals surface area (Å²) in [5.41, 5.74) is 4.24. The fraction of sp³-hybridized carbons (Fsp3) is 0.318. The second-order valence-corrected chi connectivity index (χ2v) is 7.13. The summed E-state index contributed by atoms with van der Waals surface area (Å²) in [6.45, 7) is 5.19. The molecule has 3 aromatic rings. The summed E-state index contributed by atoms with van der Waals surface area (Å²) in [6, 6.07) is 14.4. The van der Waals surface area contributed by atoms with Gasteiger partial charge in [0.25, 0.3) is 0 Å². The van der Waals surface area contributed by atoms with Crippen LogP contribution in [0.3, 0.4) is 0 Å². The van der Waals surface area contributed by atoms with Gasteiger partial charge in [-0.2, -0.15) is 0 Å². The Morgan fingerprint density at radius 1 is 1.15 bits per heavy atom. The minimum absolute atomic E-state index is 0.0137. The molecule has 5 heteroatoms. The molecular formula is C22H22N2O3. The molecule has 3 heterocycles. The molecule has 27 heavy (non-hydrogen) atoms. The maximum Gasteiger partial charge on any atom is 0.207 e. The number of hydrogen-bond acceptors (Lipinski definition) is 5. The van der Waals surface area contributed by atoms with Gasteiger partial charge in [-0.15, -0.1) is 0 Å². The predicted molar refractivity (Wildman–Crippen MR) is 104 cm³/mol. The Balaban J connectivity index is 1.28. The highest BCUT2D eigenvalue weighted by atomic mass is 16.6. The molecule has 0 N–H and O–H groups in total. The van der Waals surface area contributed by atoms with Gasteiger partial charge < -0.3 is 13.9 Å². The largest absolute Gasteiger partial charge is 0.486 e. The van der Waals surface area contributed by atoms with Gasteiger partial charge in [-0.3, -0.25) is 4.90 Å². The van der Waals surface area contributed by atoms with Crippen LogP contribution in [0.4, 0.5) is 0 Å². The molecule has 2 aliphatic heterocycles. The summed E-state index contributed by atoms with van der Waals surface area (Å²) in [5.74, 6) is 2.06. The first kappa shape index (κ1) is 16.4. The van der Waals surface area contributed by atoms with Gasteiger partial charge in [0, 0.05) is 26.6 Å². The number of aromatic nitrogens is 1. The van der Waals surface area contributed by atoms with Crippen molar-refractivity contribution < 1.29 is 13.9 Å². The molecule has 0 spiro atoms. The van der Waals surface area contributed by atoms with E-state index in [1.807, 2.05) is 19.1 Å². The van der Waals surface area contributed by atoms with E-state index in [9.17, 15) is 0 Å². The number of benzene rings is 2. The molecular weight excluding hydrogens is 340 g/mol. The normalized spacial score (nSPS) is 19.9. The Morgan fingerprint density at radius 3 is 2.85 bits per heavy atom. The lowest BCUT2D eigenvalue weighted by molar-refractivity contribution is 0.0621. The van der Waals surface area contributed by atoms with Crippen molar-refractivity contribution in [3.8, 4) is 11.5 Å². The Hall–Kier alpha value is -2.79. The van der Waals surface area contributed by atoms with Crippen molar-refractivity contribution in [1.82, 2.24) is 9.88 Å². The molecule has 2 aliphatic rings.